The molecule has 0 bridgehead atoms. The standard InChI is InChI=1S/C39H28N2/c1-39(2)33-18-7-3-14-27(33)31-22-23-32-30-17-6-10-21-36(30)41(38(32)37(31)39)26-13-11-12-25(24-26)40-34-19-8-4-15-28(34)29-16-5-9-20-35(29)40/h3-24H,1-2H3. The van der Waals surface area contributed by atoms with E-state index < -0.39 is 0 Å². The Morgan fingerprint density at radius 2 is 0.976 bits per heavy atom. The molecular formula is C39H28N2. The maximum absolute atomic E-state index is 2.51. The summed E-state index contributed by atoms with van der Waals surface area (Å²) < 4.78 is 4.92. The lowest BCUT2D eigenvalue weighted by Crippen LogP contribution is -2.16. The Bertz CT molecular complexity index is 2290. The SMILES string of the molecule is CC1(C)c2ccccc2-c2ccc3c4ccccc4n(-c4cccc(-n5c6ccccc6c6ccccc65)c4)c3c21. The molecule has 0 saturated carbocycles. The molecule has 8 aromatic rings. The van der Waals surface area contributed by atoms with Crippen molar-refractivity contribution in [3.63, 3.8) is 0 Å². The molecule has 0 spiro atoms. The van der Waals surface area contributed by atoms with E-state index in [1.165, 1.54) is 77.2 Å². The first-order valence-electron chi connectivity index (χ1n) is 14.4. The van der Waals surface area contributed by atoms with Crippen molar-refractivity contribution >= 4 is 43.6 Å². The van der Waals surface area contributed by atoms with Gasteiger partial charge in [0.25, 0.3) is 0 Å². The highest BCUT2D eigenvalue weighted by Gasteiger charge is 2.38. The molecule has 2 nitrogen and oxygen atoms in total. The minimum absolute atomic E-state index is 0.109. The molecule has 0 radical (unpaired) electrons. The molecule has 194 valence electrons. The number of rotatable bonds is 2. The monoisotopic (exact) mass is 524 g/mol. The topological polar surface area (TPSA) is 9.86 Å². The highest BCUT2D eigenvalue weighted by molar-refractivity contribution is 6.13. The quantitative estimate of drug-likeness (QED) is 0.213. The number of hydrogen-bond acceptors (Lipinski definition) is 0. The van der Waals surface area contributed by atoms with Gasteiger partial charge in [0.15, 0.2) is 0 Å². The molecule has 6 aromatic carbocycles. The van der Waals surface area contributed by atoms with E-state index in [9.17, 15) is 0 Å². The van der Waals surface area contributed by atoms with Gasteiger partial charge >= 0.3 is 0 Å². The fourth-order valence-electron chi connectivity index (χ4n) is 7.55. The van der Waals surface area contributed by atoms with Gasteiger partial charge in [-0.15, -0.1) is 0 Å². The molecule has 0 saturated heterocycles. The zero-order valence-electron chi connectivity index (χ0n) is 23.1. The lowest BCUT2D eigenvalue weighted by Gasteiger charge is -2.24. The van der Waals surface area contributed by atoms with Gasteiger partial charge in [-0.25, -0.2) is 0 Å². The van der Waals surface area contributed by atoms with Crippen molar-refractivity contribution in [1.29, 1.82) is 0 Å². The third kappa shape index (κ3) is 2.92. The number of fused-ring (bicyclic) bond motifs is 10. The van der Waals surface area contributed by atoms with Gasteiger partial charge in [-0.05, 0) is 58.7 Å². The predicted octanol–water partition coefficient (Wildman–Crippen LogP) is 10.2. The van der Waals surface area contributed by atoms with Crippen LogP contribution in [0.5, 0.6) is 0 Å². The van der Waals surface area contributed by atoms with E-state index in [2.05, 4.69) is 156 Å². The molecule has 0 fully saturated rings. The molecule has 9 rings (SSSR count). The number of nitrogens with zero attached hydrogens (tertiary/aromatic N) is 2. The van der Waals surface area contributed by atoms with Crippen molar-refractivity contribution < 1.29 is 0 Å². The van der Waals surface area contributed by atoms with Crippen molar-refractivity contribution in [2.45, 2.75) is 19.3 Å². The summed E-state index contributed by atoms with van der Waals surface area (Å²) >= 11 is 0. The van der Waals surface area contributed by atoms with Crippen LogP contribution < -0.4 is 0 Å². The summed E-state index contributed by atoms with van der Waals surface area (Å²) in [6, 6.07) is 49.0. The molecule has 0 atom stereocenters. The van der Waals surface area contributed by atoms with Crippen molar-refractivity contribution in [3.05, 3.63) is 145 Å². The normalized spacial score (nSPS) is 13.8. The Kier molecular flexibility index (Phi) is 4.42. The maximum atomic E-state index is 2.51. The summed E-state index contributed by atoms with van der Waals surface area (Å²) in [5, 5.41) is 5.16. The molecule has 41 heavy (non-hydrogen) atoms. The van der Waals surface area contributed by atoms with Crippen molar-refractivity contribution in [3.8, 4) is 22.5 Å². The minimum atomic E-state index is -0.109. The molecule has 0 amide bonds. The van der Waals surface area contributed by atoms with Gasteiger partial charge in [0.1, 0.15) is 0 Å². The van der Waals surface area contributed by atoms with Crippen LogP contribution in [-0.4, -0.2) is 9.13 Å². The van der Waals surface area contributed by atoms with Crippen LogP contribution in [0.2, 0.25) is 0 Å². The van der Waals surface area contributed by atoms with Crippen LogP contribution in [-0.2, 0) is 5.41 Å². The van der Waals surface area contributed by atoms with Gasteiger partial charge in [0, 0.05) is 38.3 Å². The van der Waals surface area contributed by atoms with Gasteiger partial charge in [-0.2, -0.15) is 0 Å². The molecule has 0 N–H and O–H groups in total. The lowest BCUT2D eigenvalue weighted by molar-refractivity contribution is 0.664. The zero-order valence-corrected chi connectivity index (χ0v) is 23.1. The minimum Gasteiger partial charge on any atom is -0.309 e. The average Bonchev–Trinajstić information content (AvgIpc) is 3.61. The Balaban J connectivity index is 1.39. The van der Waals surface area contributed by atoms with E-state index in [4.69, 9.17) is 0 Å². The van der Waals surface area contributed by atoms with E-state index in [1.807, 2.05) is 0 Å². The molecule has 0 aliphatic heterocycles. The zero-order chi connectivity index (χ0) is 27.3. The Hall–Kier alpha value is -5.08. The van der Waals surface area contributed by atoms with Crippen LogP contribution in [0.25, 0.3) is 66.1 Å². The second-order valence-electron chi connectivity index (χ2n) is 11.8. The van der Waals surface area contributed by atoms with Gasteiger partial charge in [-0.1, -0.05) is 111 Å². The molecular weight excluding hydrogens is 496 g/mol. The first-order chi connectivity index (χ1) is 20.1. The molecule has 2 aromatic heterocycles. The van der Waals surface area contributed by atoms with Gasteiger partial charge in [0.05, 0.1) is 22.1 Å². The summed E-state index contributed by atoms with van der Waals surface area (Å²) in [5.74, 6) is 0. The Morgan fingerprint density at radius 1 is 0.439 bits per heavy atom. The van der Waals surface area contributed by atoms with Crippen LogP contribution in [0.15, 0.2) is 133 Å². The van der Waals surface area contributed by atoms with E-state index in [-0.39, 0.29) is 5.41 Å². The van der Waals surface area contributed by atoms with Crippen LogP contribution in [0.1, 0.15) is 25.0 Å². The first kappa shape index (κ1) is 22.7. The fraction of sp³-hybridized carbons (Fsp3) is 0.0769. The molecule has 1 aliphatic rings. The highest BCUT2D eigenvalue weighted by Crippen LogP contribution is 2.52. The fourth-order valence-corrected chi connectivity index (χ4v) is 7.55. The largest absolute Gasteiger partial charge is 0.309 e. The van der Waals surface area contributed by atoms with E-state index in [0.717, 1.165) is 0 Å². The van der Waals surface area contributed by atoms with E-state index in [0.29, 0.717) is 0 Å². The summed E-state index contributed by atoms with van der Waals surface area (Å²) in [6.45, 7) is 4.77. The van der Waals surface area contributed by atoms with E-state index in [1.54, 1.807) is 0 Å². The summed E-state index contributed by atoms with van der Waals surface area (Å²) in [5.41, 5.74) is 12.8. The Labute approximate surface area is 238 Å². The van der Waals surface area contributed by atoms with Crippen LogP contribution in [0.4, 0.5) is 0 Å². The van der Waals surface area contributed by atoms with Gasteiger partial charge in [-0.3, -0.25) is 0 Å². The lowest BCUT2D eigenvalue weighted by atomic mass is 9.81. The van der Waals surface area contributed by atoms with Crippen molar-refractivity contribution in [1.82, 2.24) is 9.13 Å². The summed E-state index contributed by atoms with van der Waals surface area (Å²) in [4.78, 5) is 0. The number of benzene rings is 6. The van der Waals surface area contributed by atoms with Gasteiger partial charge in [0.2, 0.25) is 0 Å². The van der Waals surface area contributed by atoms with Crippen molar-refractivity contribution in [2.75, 3.05) is 0 Å². The summed E-state index contributed by atoms with van der Waals surface area (Å²) in [7, 11) is 0. The van der Waals surface area contributed by atoms with Crippen LogP contribution in [0, 0.1) is 0 Å². The van der Waals surface area contributed by atoms with E-state index >= 15 is 0 Å². The smallest absolute Gasteiger partial charge is 0.0588 e. The molecule has 1 aliphatic carbocycles. The Morgan fingerprint density at radius 3 is 1.66 bits per heavy atom. The second-order valence-corrected chi connectivity index (χ2v) is 11.8. The maximum Gasteiger partial charge on any atom is 0.0588 e. The molecule has 2 heteroatoms. The average molecular weight is 525 g/mol. The number of hydrogen-bond donors (Lipinski definition) is 0. The third-order valence-corrected chi connectivity index (χ3v) is 9.28. The highest BCUT2D eigenvalue weighted by atomic mass is 15.0. The van der Waals surface area contributed by atoms with Crippen LogP contribution >= 0.6 is 0 Å². The number of aromatic nitrogens is 2. The number of para-hydroxylation sites is 3. The third-order valence-electron chi connectivity index (χ3n) is 9.28. The first-order valence-corrected chi connectivity index (χ1v) is 14.4. The van der Waals surface area contributed by atoms with Crippen LogP contribution in [0.3, 0.4) is 0 Å². The second kappa shape index (κ2) is 7.99. The van der Waals surface area contributed by atoms with Crippen molar-refractivity contribution in [2.24, 2.45) is 0 Å². The summed E-state index contributed by atoms with van der Waals surface area (Å²) in [6.07, 6.45) is 0. The molecule has 2 heterocycles. The van der Waals surface area contributed by atoms with Gasteiger partial charge < -0.3 is 9.13 Å². The predicted molar refractivity (Wildman–Crippen MR) is 173 cm³/mol. The molecule has 0 unspecified atom stereocenters.